The Hall–Kier alpha value is -1.40. The van der Waals surface area contributed by atoms with Gasteiger partial charge in [0.1, 0.15) is 0 Å². The van der Waals surface area contributed by atoms with Crippen LogP contribution < -0.4 is 5.73 Å². The molecule has 0 aliphatic heterocycles. The molecule has 0 spiro atoms. The van der Waals surface area contributed by atoms with E-state index in [9.17, 15) is 9.90 Å². The minimum Gasteiger partial charge on any atom is -0.479 e. The predicted molar refractivity (Wildman–Crippen MR) is 88.1 cm³/mol. The average Bonchev–Trinajstić information content (AvgIpc) is 3.00. The normalized spacial score (nSPS) is 18.7. The van der Waals surface area contributed by atoms with Crippen molar-refractivity contribution in [3.63, 3.8) is 0 Å². The zero-order valence-corrected chi connectivity index (χ0v) is 14.0. The molecule has 6 nitrogen and oxygen atoms in total. The Kier molecular flexibility index (Phi) is 7.05. The van der Waals surface area contributed by atoms with Gasteiger partial charge in [-0.1, -0.05) is 32.1 Å². The van der Waals surface area contributed by atoms with E-state index >= 15 is 0 Å². The number of carboxylic acid groups (broad SMARTS) is 1. The standard InChI is InChI=1S/C17H29N3O3/c1-13(10-18)23-16(17(21)22)9-15-11-20(12-19-15)8-7-14-5-3-2-4-6-14/h11-14,16H,2-10,18H2,1H3,(H,21,22)/t13-,16-/m0/s1. The average molecular weight is 323 g/mol. The van der Waals surface area contributed by atoms with Gasteiger partial charge in [0, 0.05) is 25.7 Å². The van der Waals surface area contributed by atoms with Crippen LogP contribution in [-0.4, -0.2) is 39.4 Å². The fourth-order valence-corrected chi connectivity index (χ4v) is 3.16. The first-order chi connectivity index (χ1) is 11.1. The molecule has 0 saturated heterocycles. The summed E-state index contributed by atoms with van der Waals surface area (Å²) in [6.45, 7) is 3.04. The summed E-state index contributed by atoms with van der Waals surface area (Å²) >= 11 is 0. The SMILES string of the molecule is C[C@@H](CN)O[C@@H](Cc1cn(CCC2CCCCC2)cn1)C(=O)O. The van der Waals surface area contributed by atoms with Gasteiger partial charge in [-0.2, -0.15) is 0 Å². The smallest absolute Gasteiger partial charge is 0.333 e. The van der Waals surface area contributed by atoms with Crippen molar-refractivity contribution in [1.82, 2.24) is 9.55 Å². The minimum atomic E-state index is -0.970. The third-order valence-corrected chi connectivity index (χ3v) is 4.61. The summed E-state index contributed by atoms with van der Waals surface area (Å²) in [6.07, 6.45) is 10.8. The largest absolute Gasteiger partial charge is 0.479 e. The van der Waals surface area contributed by atoms with Crippen molar-refractivity contribution in [3.8, 4) is 0 Å². The van der Waals surface area contributed by atoms with Crippen LogP contribution in [0.3, 0.4) is 0 Å². The Balaban J connectivity index is 1.83. The first-order valence-electron chi connectivity index (χ1n) is 8.67. The first-order valence-corrected chi connectivity index (χ1v) is 8.67. The highest BCUT2D eigenvalue weighted by molar-refractivity contribution is 5.72. The van der Waals surface area contributed by atoms with Crippen LogP contribution in [0.4, 0.5) is 0 Å². The maximum absolute atomic E-state index is 11.3. The maximum Gasteiger partial charge on any atom is 0.333 e. The van der Waals surface area contributed by atoms with Crippen LogP contribution in [0.2, 0.25) is 0 Å². The van der Waals surface area contributed by atoms with Crippen molar-refractivity contribution >= 4 is 5.97 Å². The Bertz CT molecular complexity index is 483. The van der Waals surface area contributed by atoms with Crippen LogP contribution >= 0.6 is 0 Å². The van der Waals surface area contributed by atoms with Crippen molar-refractivity contribution < 1.29 is 14.6 Å². The molecule has 1 saturated carbocycles. The molecule has 1 aromatic heterocycles. The van der Waals surface area contributed by atoms with E-state index in [2.05, 4.69) is 9.55 Å². The lowest BCUT2D eigenvalue weighted by atomic mass is 9.87. The van der Waals surface area contributed by atoms with Gasteiger partial charge < -0.3 is 20.1 Å². The fourth-order valence-electron chi connectivity index (χ4n) is 3.16. The number of hydrogen-bond donors (Lipinski definition) is 2. The number of hydrogen-bond acceptors (Lipinski definition) is 4. The molecule has 6 heteroatoms. The number of nitrogens with zero attached hydrogens (tertiary/aromatic N) is 2. The molecule has 0 bridgehead atoms. The van der Waals surface area contributed by atoms with Crippen LogP contribution in [0.1, 0.15) is 51.1 Å². The van der Waals surface area contributed by atoms with Gasteiger partial charge in [-0.3, -0.25) is 0 Å². The number of ether oxygens (including phenoxy) is 1. The van der Waals surface area contributed by atoms with Crippen molar-refractivity contribution in [1.29, 1.82) is 0 Å². The molecule has 1 fully saturated rings. The highest BCUT2D eigenvalue weighted by Crippen LogP contribution is 2.26. The summed E-state index contributed by atoms with van der Waals surface area (Å²) < 4.78 is 7.52. The number of aryl methyl sites for hydroxylation is 1. The van der Waals surface area contributed by atoms with Crippen molar-refractivity contribution in [2.45, 2.75) is 70.6 Å². The quantitative estimate of drug-likeness (QED) is 0.727. The molecule has 1 aromatic rings. The summed E-state index contributed by atoms with van der Waals surface area (Å²) in [5.74, 6) is -0.142. The van der Waals surface area contributed by atoms with Crippen LogP contribution in [0, 0.1) is 5.92 Å². The van der Waals surface area contributed by atoms with Crippen molar-refractivity contribution in [2.24, 2.45) is 11.7 Å². The molecule has 0 unspecified atom stereocenters. The summed E-state index contributed by atoms with van der Waals surface area (Å²) in [4.78, 5) is 15.6. The van der Waals surface area contributed by atoms with Gasteiger partial charge in [0.25, 0.3) is 0 Å². The second-order valence-electron chi connectivity index (χ2n) is 6.61. The predicted octanol–water partition coefficient (Wildman–Crippen LogP) is 2.21. The van der Waals surface area contributed by atoms with Gasteiger partial charge in [0.15, 0.2) is 6.10 Å². The van der Waals surface area contributed by atoms with Crippen LogP contribution in [-0.2, 0) is 22.5 Å². The second kappa shape index (κ2) is 9.03. The number of aromatic nitrogens is 2. The first kappa shape index (κ1) is 17.9. The Morgan fingerprint density at radius 2 is 2.22 bits per heavy atom. The van der Waals surface area contributed by atoms with E-state index in [1.165, 1.54) is 38.5 Å². The molecule has 3 N–H and O–H groups in total. The van der Waals surface area contributed by atoms with E-state index in [4.69, 9.17) is 10.5 Å². The van der Waals surface area contributed by atoms with Gasteiger partial charge in [-0.05, 0) is 19.3 Å². The topological polar surface area (TPSA) is 90.4 Å². The van der Waals surface area contributed by atoms with Gasteiger partial charge in [0.2, 0.25) is 0 Å². The lowest BCUT2D eigenvalue weighted by Crippen LogP contribution is -2.33. The van der Waals surface area contributed by atoms with Crippen LogP contribution in [0.5, 0.6) is 0 Å². The fraction of sp³-hybridized carbons (Fsp3) is 0.765. The van der Waals surface area contributed by atoms with E-state index in [1.54, 1.807) is 13.3 Å². The second-order valence-corrected chi connectivity index (χ2v) is 6.61. The van der Waals surface area contributed by atoms with Gasteiger partial charge >= 0.3 is 5.97 Å². The number of imidazole rings is 1. The van der Waals surface area contributed by atoms with E-state index in [0.717, 1.165) is 18.2 Å². The summed E-state index contributed by atoms with van der Waals surface area (Å²) in [7, 11) is 0. The zero-order chi connectivity index (χ0) is 16.7. The minimum absolute atomic E-state index is 0.274. The van der Waals surface area contributed by atoms with Crippen LogP contribution in [0.25, 0.3) is 0 Å². The molecule has 130 valence electrons. The molecule has 0 amide bonds. The number of carboxylic acids is 1. The number of aliphatic carboxylic acids is 1. The highest BCUT2D eigenvalue weighted by atomic mass is 16.5. The van der Waals surface area contributed by atoms with E-state index in [1.807, 2.05) is 6.20 Å². The lowest BCUT2D eigenvalue weighted by molar-refractivity contribution is -0.153. The lowest BCUT2D eigenvalue weighted by Gasteiger charge is -2.21. The third kappa shape index (κ3) is 5.95. The van der Waals surface area contributed by atoms with Crippen molar-refractivity contribution in [2.75, 3.05) is 6.54 Å². The molecule has 1 aliphatic rings. The van der Waals surface area contributed by atoms with Gasteiger partial charge in [-0.15, -0.1) is 0 Å². The van der Waals surface area contributed by atoms with E-state index < -0.39 is 12.1 Å². The van der Waals surface area contributed by atoms with Crippen LogP contribution in [0.15, 0.2) is 12.5 Å². The molecular weight excluding hydrogens is 294 g/mol. The monoisotopic (exact) mass is 323 g/mol. The van der Waals surface area contributed by atoms with E-state index in [-0.39, 0.29) is 12.5 Å². The number of rotatable bonds is 9. The molecule has 1 heterocycles. The zero-order valence-electron chi connectivity index (χ0n) is 14.0. The molecule has 23 heavy (non-hydrogen) atoms. The summed E-state index contributed by atoms with van der Waals surface area (Å²) in [5.41, 5.74) is 6.25. The summed E-state index contributed by atoms with van der Waals surface area (Å²) in [6, 6.07) is 0. The third-order valence-electron chi connectivity index (χ3n) is 4.61. The molecule has 2 atom stereocenters. The van der Waals surface area contributed by atoms with Gasteiger partial charge in [-0.25, -0.2) is 9.78 Å². The number of nitrogens with two attached hydrogens (primary N) is 1. The molecule has 0 radical (unpaired) electrons. The Morgan fingerprint density at radius 1 is 1.48 bits per heavy atom. The van der Waals surface area contributed by atoms with Crippen molar-refractivity contribution in [3.05, 3.63) is 18.2 Å². The number of carbonyl (C=O) groups is 1. The molecule has 1 aliphatic carbocycles. The Morgan fingerprint density at radius 3 is 2.87 bits per heavy atom. The highest BCUT2D eigenvalue weighted by Gasteiger charge is 2.22. The maximum atomic E-state index is 11.3. The van der Waals surface area contributed by atoms with Gasteiger partial charge in [0.05, 0.1) is 18.1 Å². The molecule has 2 rings (SSSR count). The Labute approximate surface area is 138 Å². The summed E-state index contributed by atoms with van der Waals surface area (Å²) in [5, 5.41) is 9.26. The molecule has 0 aromatic carbocycles. The van der Waals surface area contributed by atoms with E-state index in [0.29, 0.717) is 6.54 Å². The molecular formula is C17H29N3O3.